The highest BCUT2D eigenvalue weighted by molar-refractivity contribution is 7.86. The minimum Gasteiger partial charge on any atom is -0.501 e. The van der Waals surface area contributed by atoms with Gasteiger partial charge in [0.25, 0.3) is 10.1 Å². The van der Waals surface area contributed by atoms with Gasteiger partial charge < -0.3 is 4.74 Å². The lowest BCUT2D eigenvalue weighted by Gasteiger charge is -2.00. The first-order chi connectivity index (χ1) is 8.06. The van der Waals surface area contributed by atoms with Gasteiger partial charge in [0, 0.05) is 6.42 Å². The van der Waals surface area contributed by atoms with Crippen molar-refractivity contribution in [2.24, 2.45) is 0 Å². The summed E-state index contributed by atoms with van der Waals surface area (Å²) in [5, 5.41) is 0. The topological polar surface area (TPSA) is 52.6 Å². The second-order valence-electron chi connectivity index (χ2n) is 3.47. The van der Waals surface area contributed by atoms with E-state index in [0.717, 1.165) is 25.7 Å². The summed E-state index contributed by atoms with van der Waals surface area (Å²) in [4.78, 5) is 0.190. The molecule has 94 valence electrons. The van der Waals surface area contributed by atoms with Crippen LogP contribution in [0.25, 0.3) is 0 Å². The average molecular weight is 256 g/mol. The monoisotopic (exact) mass is 256 g/mol. The van der Waals surface area contributed by atoms with Crippen molar-refractivity contribution in [1.82, 2.24) is 0 Å². The Balaban J connectivity index is 0.000000239. The molecule has 1 aromatic rings. The number of rotatable bonds is 2. The Morgan fingerprint density at radius 3 is 2.24 bits per heavy atom. The number of hydrogen-bond acceptors (Lipinski definition) is 4. The summed E-state index contributed by atoms with van der Waals surface area (Å²) in [6, 6.07) is 6.50. The zero-order valence-electron chi connectivity index (χ0n) is 9.92. The van der Waals surface area contributed by atoms with Gasteiger partial charge in [0.05, 0.1) is 24.9 Å². The van der Waals surface area contributed by atoms with Crippen LogP contribution in [0.2, 0.25) is 0 Å². The van der Waals surface area contributed by atoms with Crippen molar-refractivity contribution in [3.63, 3.8) is 0 Å². The van der Waals surface area contributed by atoms with Gasteiger partial charge in [-0.25, -0.2) is 0 Å². The molecule has 0 atom stereocenters. The fraction of sp³-hybridized carbons (Fsp3) is 0.333. The molecule has 0 saturated heterocycles. The molecule has 1 aliphatic rings. The molecule has 0 aromatic heterocycles. The third kappa shape index (κ3) is 4.58. The zero-order chi connectivity index (χ0) is 12.7. The number of hydrogen-bond donors (Lipinski definition) is 0. The Labute approximate surface area is 102 Å². The summed E-state index contributed by atoms with van der Waals surface area (Å²) < 4.78 is 31.3. The van der Waals surface area contributed by atoms with Crippen LogP contribution in [0.5, 0.6) is 0 Å². The smallest absolute Gasteiger partial charge is 0.296 e. The number of aryl methyl sites for hydroxylation is 1. The number of ether oxygens (including phenoxy) is 1. The SMILES string of the molecule is C1=COCC1.COS(=O)(=O)c1ccc(C)cc1. The highest BCUT2D eigenvalue weighted by Gasteiger charge is 2.10. The molecule has 4 nitrogen and oxygen atoms in total. The summed E-state index contributed by atoms with van der Waals surface area (Å²) in [6.45, 7) is 2.78. The number of benzene rings is 1. The lowest BCUT2D eigenvalue weighted by Crippen LogP contribution is -2.02. The van der Waals surface area contributed by atoms with Gasteiger partial charge >= 0.3 is 0 Å². The molecule has 0 fully saturated rings. The van der Waals surface area contributed by atoms with Crippen molar-refractivity contribution in [2.45, 2.75) is 18.2 Å². The Kier molecular flexibility index (Phi) is 5.18. The summed E-state index contributed by atoms with van der Waals surface area (Å²) in [7, 11) is -2.37. The van der Waals surface area contributed by atoms with Crippen LogP contribution in [-0.2, 0) is 19.0 Å². The van der Waals surface area contributed by atoms with Crippen LogP contribution in [0.15, 0.2) is 41.5 Å². The largest absolute Gasteiger partial charge is 0.501 e. The van der Waals surface area contributed by atoms with Crippen LogP contribution in [0.4, 0.5) is 0 Å². The van der Waals surface area contributed by atoms with Crippen LogP contribution in [-0.4, -0.2) is 22.1 Å². The van der Waals surface area contributed by atoms with Gasteiger partial charge in [-0.15, -0.1) is 0 Å². The van der Waals surface area contributed by atoms with Gasteiger partial charge in [-0.05, 0) is 25.1 Å². The Morgan fingerprint density at radius 1 is 1.24 bits per heavy atom. The summed E-state index contributed by atoms with van der Waals surface area (Å²) in [5.74, 6) is 0. The van der Waals surface area contributed by atoms with Crippen molar-refractivity contribution in [3.8, 4) is 0 Å². The normalized spacial score (nSPS) is 13.8. The van der Waals surface area contributed by atoms with E-state index in [1.165, 1.54) is 12.1 Å². The van der Waals surface area contributed by atoms with Crippen molar-refractivity contribution in [2.75, 3.05) is 13.7 Å². The van der Waals surface area contributed by atoms with Gasteiger partial charge in [-0.2, -0.15) is 8.42 Å². The zero-order valence-corrected chi connectivity index (χ0v) is 10.7. The van der Waals surface area contributed by atoms with Crippen LogP contribution in [0.1, 0.15) is 12.0 Å². The van der Waals surface area contributed by atoms with E-state index in [1.54, 1.807) is 18.4 Å². The fourth-order valence-corrected chi connectivity index (χ4v) is 1.80. The maximum atomic E-state index is 11.1. The second kappa shape index (κ2) is 6.42. The highest BCUT2D eigenvalue weighted by Crippen LogP contribution is 2.11. The summed E-state index contributed by atoms with van der Waals surface area (Å²) in [6.07, 6.45) is 4.85. The first-order valence-electron chi connectivity index (χ1n) is 5.20. The predicted octanol–water partition coefficient (Wildman–Crippen LogP) is 2.25. The standard InChI is InChI=1S/C8H10O3S.C4H6O/c1-7-3-5-8(6-4-7)12(9,10)11-2;1-2-4-5-3-1/h3-6H,1-2H3;1,3H,2,4H2. The van der Waals surface area contributed by atoms with Crippen molar-refractivity contribution < 1.29 is 17.3 Å². The van der Waals surface area contributed by atoms with Gasteiger partial charge in [-0.1, -0.05) is 17.7 Å². The molecule has 1 aromatic carbocycles. The van der Waals surface area contributed by atoms with E-state index in [4.69, 9.17) is 4.74 Å². The van der Waals surface area contributed by atoms with Gasteiger partial charge in [0.2, 0.25) is 0 Å². The quantitative estimate of drug-likeness (QED) is 0.762. The maximum Gasteiger partial charge on any atom is 0.296 e. The molecule has 1 aliphatic heterocycles. The third-order valence-electron chi connectivity index (χ3n) is 2.12. The molecule has 0 unspecified atom stereocenters. The van der Waals surface area contributed by atoms with Gasteiger partial charge in [0.15, 0.2) is 0 Å². The summed E-state index contributed by atoms with van der Waals surface area (Å²) >= 11 is 0. The predicted molar refractivity (Wildman–Crippen MR) is 65.1 cm³/mol. The summed E-state index contributed by atoms with van der Waals surface area (Å²) in [5.41, 5.74) is 1.02. The van der Waals surface area contributed by atoms with E-state index >= 15 is 0 Å². The van der Waals surface area contributed by atoms with E-state index in [0.29, 0.717) is 0 Å². The Morgan fingerprint density at radius 2 is 1.88 bits per heavy atom. The van der Waals surface area contributed by atoms with Crippen molar-refractivity contribution in [1.29, 1.82) is 0 Å². The van der Waals surface area contributed by atoms with Crippen molar-refractivity contribution >= 4 is 10.1 Å². The molecule has 17 heavy (non-hydrogen) atoms. The van der Waals surface area contributed by atoms with E-state index in [2.05, 4.69) is 4.18 Å². The van der Waals surface area contributed by atoms with Crippen LogP contribution in [0, 0.1) is 6.92 Å². The fourth-order valence-electron chi connectivity index (χ4n) is 1.14. The molecule has 1 heterocycles. The molecule has 0 spiro atoms. The van der Waals surface area contributed by atoms with Gasteiger partial charge in [0.1, 0.15) is 0 Å². The lowest BCUT2D eigenvalue weighted by atomic mass is 10.2. The van der Waals surface area contributed by atoms with E-state index in [-0.39, 0.29) is 4.90 Å². The van der Waals surface area contributed by atoms with Crippen LogP contribution < -0.4 is 0 Å². The van der Waals surface area contributed by atoms with Crippen molar-refractivity contribution in [3.05, 3.63) is 42.2 Å². The molecule has 0 bridgehead atoms. The van der Waals surface area contributed by atoms with Crippen LogP contribution >= 0.6 is 0 Å². The van der Waals surface area contributed by atoms with Gasteiger partial charge in [-0.3, -0.25) is 4.18 Å². The van der Waals surface area contributed by atoms with E-state index in [9.17, 15) is 8.42 Å². The van der Waals surface area contributed by atoms with Crippen LogP contribution in [0.3, 0.4) is 0 Å². The molecule has 0 amide bonds. The van der Waals surface area contributed by atoms with E-state index in [1.807, 2.05) is 13.0 Å². The Bertz CT molecular complexity index is 454. The third-order valence-corrected chi connectivity index (χ3v) is 3.41. The molecule has 0 N–H and O–H groups in total. The molecule has 2 rings (SSSR count). The first kappa shape index (κ1) is 13.7. The molecule has 5 heteroatoms. The highest BCUT2D eigenvalue weighted by atomic mass is 32.2. The average Bonchev–Trinajstić information content (AvgIpc) is 2.88. The minimum absolute atomic E-state index is 0.190. The molecule has 0 aliphatic carbocycles. The maximum absolute atomic E-state index is 11.1. The first-order valence-corrected chi connectivity index (χ1v) is 6.61. The molecule has 0 saturated carbocycles. The molecule has 0 radical (unpaired) electrons. The van der Waals surface area contributed by atoms with E-state index < -0.39 is 10.1 Å². The minimum atomic E-state index is -3.51. The molecular formula is C12H16O4S. The Hall–Kier alpha value is -1.33. The second-order valence-corrected chi connectivity index (χ2v) is 5.18. The lowest BCUT2D eigenvalue weighted by molar-refractivity contribution is 0.281. The molecular weight excluding hydrogens is 240 g/mol.